The minimum absolute atomic E-state index is 0.100. The summed E-state index contributed by atoms with van der Waals surface area (Å²) in [4.78, 5) is 8.60. The summed E-state index contributed by atoms with van der Waals surface area (Å²) in [6, 6.07) is 3.57. The first-order chi connectivity index (χ1) is 7.22. The molecule has 0 saturated carbocycles. The van der Waals surface area contributed by atoms with Crippen LogP contribution in [0.5, 0.6) is 0 Å². The molecular weight excluding hydrogens is 210 g/mol. The quantitative estimate of drug-likeness (QED) is 0.737. The lowest BCUT2D eigenvalue weighted by molar-refractivity contribution is 0.264. The third-order valence-electron chi connectivity index (χ3n) is 2.21. The molecule has 4 nitrogen and oxygen atoms in total. The van der Waals surface area contributed by atoms with Crippen molar-refractivity contribution in [2.24, 2.45) is 5.73 Å². The van der Waals surface area contributed by atoms with Crippen molar-refractivity contribution in [3.05, 3.63) is 29.0 Å². The molecule has 0 saturated heterocycles. The first-order valence-electron chi connectivity index (χ1n) is 4.69. The van der Waals surface area contributed by atoms with Gasteiger partial charge in [-0.25, -0.2) is 4.98 Å². The van der Waals surface area contributed by atoms with Crippen molar-refractivity contribution in [2.75, 3.05) is 6.61 Å². The van der Waals surface area contributed by atoms with E-state index >= 15 is 0 Å². The molecule has 80 valence electrons. The van der Waals surface area contributed by atoms with Gasteiger partial charge in [0.2, 0.25) is 0 Å². The van der Waals surface area contributed by atoms with E-state index < -0.39 is 6.04 Å². The standard InChI is InChI=1S/C10H13N3OS/c1-6-9(8-3-2-4-15-8)13-10(12-6)7(11)5-14/h2-4,7,14H,5,11H2,1H3,(H,12,13). The van der Waals surface area contributed by atoms with Crippen LogP contribution in [-0.4, -0.2) is 21.7 Å². The summed E-state index contributed by atoms with van der Waals surface area (Å²) in [5.74, 6) is 0.637. The normalized spacial score (nSPS) is 13.0. The van der Waals surface area contributed by atoms with Crippen LogP contribution < -0.4 is 5.73 Å². The molecule has 2 heterocycles. The summed E-state index contributed by atoms with van der Waals surface area (Å²) in [5.41, 5.74) is 7.59. The topological polar surface area (TPSA) is 74.9 Å². The maximum atomic E-state index is 8.94. The van der Waals surface area contributed by atoms with Crippen molar-refractivity contribution < 1.29 is 5.11 Å². The fourth-order valence-corrected chi connectivity index (χ4v) is 2.17. The Balaban J connectivity index is 2.38. The van der Waals surface area contributed by atoms with Gasteiger partial charge in [0.15, 0.2) is 0 Å². The van der Waals surface area contributed by atoms with Gasteiger partial charge in [-0.1, -0.05) is 6.07 Å². The fraction of sp³-hybridized carbons (Fsp3) is 0.300. The van der Waals surface area contributed by atoms with Crippen LogP contribution in [0.25, 0.3) is 10.6 Å². The highest BCUT2D eigenvalue weighted by molar-refractivity contribution is 7.13. The van der Waals surface area contributed by atoms with Crippen LogP contribution in [0.15, 0.2) is 17.5 Å². The second-order valence-corrected chi connectivity index (χ2v) is 4.31. The van der Waals surface area contributed by atoms with Crippen molar-refractivity contribution in [2.45, 2.75) is 13.0 Å². The van der Waals surface area contributed by atoms with Gasteiger partial charge in [-0.3, -0.25) is 0 Å². The van der Waals surface area contributed by atoms with Gasteiger partial charge in [0.05, 0.1) is 17.5 Å². The number of thiophene rings is 1. The van der Waals surface area contributed by atoms with E-state index in [-0.39, 0.29) is 6.61 Å². The van der Waals surface area contributed by atoms with Gasteiger partial charge >= 0.3 is 0 Å². The van der Waals surface area contributed by atoms with Gasteiger partial charge in [-0.15, -0.1) is 11.3 Å². The zero-order chi connectivity index (χ0) is 10.8. The molecule has 0 aliphatic carbocycles. The molecule has 0 aliphatic rings. The Kier molecular flexibility index (Phi) is 2.86. The van der Waals surface area contributed by atoms with E-state index in [4.69, 9.17) is 10.8 Å². The van der Waals surface area contributed by atoms with Crippen molar-refractivity contribution in [1.82, 2.24) is 9.97 Å². The molecule has 4 N–H and O–H groups in total. The van der Waals surface area contributed by atoms with E-state index in [1.807, 2.05) is 24.4 Å². The number of aliphatic hydroxyl groups excluding tert-OH is 1. The third-order valence-corrected chi connectivity index (χ3v) is 3.08. The lowest BCUT2D eigenvalue weighted by atomic mass is 10.3. The van der Waals surface area contributed by atoms with Crippen LogP contribution in [0.1, 0.15) is 17.6 Å². The van der Waals surface area contributed by atoms with Crippen molar-refractivity contribution in [3.63, 3.8) is 0 Å². The highest BCUT2D eigenvalue weighted by Crippen LogP contribution is 2.26. The molecule has 1 atom stereocenters. The number of aromatic nitrogens is 2. The minimum Gasteiger partial charge on any atom is -0.394 e. The van der Waals surface area contributed by atoms with E-state index in [0.29, 0.717) is 5.82 Å². The Hall–Kier alpha value is -1.17. The molecule has 1 unspecified atom stereocenters. The number of hydrogen-bond donors (Lipinski definition) is 3. The van der Waals surface area contributed by atoms with Gasteiger partial charge in [0, 0.05) is 5.69 Å². The van der Waals surface area contributed by atoms with E-state index in [2.05, 4.69) is 9.97 Å². The summed E-state index contributed by atoms with van der Waals surface area (Å²) in [5, 5.41) is 10.9. The zero-order valence-corrected chi connectivity index (χ0v) is 9.21. The maximum absolute atomic E-state index is 8.94. The predicted molar refractivity (Wildman–Crippen MR) is 60.7 cm³/mol. The fourth-order valence-electron chi connectivity index (χ4n) is 1.40. The van der Waals surface area contributed by atoms with Gasteiger partial charge in [-0.05, 0) is 18.4 Å². The van der Waals surface area contributed by atoms with E-state index in [9.17, 15) is 0 Å². The van der Waals surface area contributed by atoms with Gasteiger partial charge in [0.25, 0.3) is 0 Å². The van der Waals surface area contributed by atoms with Gasteiger partial charge < -0.3 is 15.8 Å². The number of nitrogens with one attached hydrogen (secondary N) is 1. The van der Waals surface area contributed by atoms with Crippen LogP contribution in [-0.2, 0) is 0 Å². The molecular formula is C10H13N3OS. The zero-order valence-electron chi connectivity index (χ0n) is 8.40. The molecule has 2 aromatic heterocycles. The summed E-state index contributed by atoms with van der Waals surface area (Å²) in [7, 11) is 0. The lowest BCUT2D eigenvalue weighted by Crippen LogP contribution is -2.15. The van der Waals surface area contributed by atoms with Crippen molar-refractivity contribution in [3.8, 4) is 10.6 Å². The Bertz CT molecular complexity index is 435. The molecule has 5 heteroatoms. The lowest BCUT2D eigenvalue weighted by Gasteiger charge is -2.01. The number of aromatic amines is 1. The summed E-state index contributed by atoms with van der Waals surface area (Å²) < 4.78 is 0. The number of nitrogens with zero attached hydrogens (tertiary/aromatic N) is 1. The second kappa shape index (κ2) is 4.14. The van der Waals surface area contributed by atoms with Gasteiger partial charge in [-0.2, -0.15) is 0 Å². The number of rotatable bonds is 3. The SMILES string of the molecule is Cc1[nH]c(C(N)CO)nc1-c1cccs1. The summed E-state index contributed by atoms with van der Waals surface area (Å²) in [6.45, 7) is 1.85. The number of imidazole rings is 1. The second-order valence-electron chi connectivity index (χ2n) is 3.36. The van der Waals surface area contributed by atoms with Crippen LogP contribution >= 0.6 is 11.3 Å². The Morgan fingerprint density at radius 1 is 1.67 bits per heavy atom. The smallest absolute Gasteiger partial charge is 0.126 e. The van der Waals surface area contributed by atoms with Crippen molar-refractivity contribution >= 4 is 11.3 Å². The highest BCUT2D eigenvalue weighted by Gasteiger charge is 2.13. The number of nitrogens with two attached hydrogens (primary N) is 1. The molecule has 0 spiro atoms. The van der Waals surface area contributed by atoms with Crippen LogP contribution in [0.3, 0.4) is 0 Å². The third kappa shape index (κ3) is 1.94. The summed E-state index contributed by atoms with van der Waals surface area (Å²) >= 11 is 1.64. The molecule has 0 radical (unpaired) electrons. The number of H-pyrrole nitrogens is 1. The predicted octanol–water partition coefficient (Wildman–Crippen LogP) is 1.44. The highest BCUT2D eigenvalue weighted by atomic mass is 32.1. The maximum Gasteiger partial charge on any atom is 0.126 e. The Morgan fingerprint density at radius 3 is 3.07 bits per heavy atom. The Morgan fingerprint density at radius 2 is 2.47 bits per heavy atom. The van der Waals surface area contributed by atoms with Crippen molar-refractivity contribution in [1.29, 1.82) is 0 Å². The summed E-state index contributed by atoms with van der Waals surface area (Å²) in [6.07, 6.45) is 0. The Labute approximate surface area is 91.8 Å². The monoisotopic (exact) mass is 223 g/mol. The molecule has 0 fully saturated rings. The minimum atomic E-state index is -0.433. The molecule has 0 aromatic carbocycles. The van der Waals surface area contributed by atoms with Crippen LogP contribution in [0, 0.1) is 6.92 Å². The van der Waals surface area contributed by atoms with Gasteiger partial charge in [0.1, 0.15) is 11.5 Å². The molecule has 0 amide bonds. The molecule has 15 heavy (non-hydrogen) atoms. The van der Waals surface area contributed by atoms with E-state index in [1.165, 1.54) is 0 Å². The number of aryl methyl sites for hydroxylation is 1. The number of aliphatic hydroxyl groups is 1. The van der Waals surface area contributed by atoms with E-state index in [0.717, 1.165) is 16.3 Å². The number of hydrogen-bond acceptors (Lipinski definition) is 4. The molecule has 2 aromatic rings. The average molecular weight is 223 g/mol. The largest absolute Gasteiger partial charge is 0.394 e. The van der Waals surface area contributed by atoms with Crippen LogP contribution in [0.4, 0.5) is 0 Å². The van der Waals surface area contributed by atoms with Crippen LogP contribution in [0.2, 0.25) is 0 Å². The molecule has 0 aliphatic heterocycles. The average Bonchev–Trinajstić information content (AvgIpc) is 2.84. The first kappa shape index (κ1) is 10.4. The molecule has 2 rings (SSSR count). The first-order valence-corrected chi connectivity index (χ1v) is 5.57. The molecule has 0 bridgehead atoms. The van der Waals surface area contributed by atoms with E-state index in [1.54, 1.807) is 11.3 Å².